The van der Waals surface area contributed by atoms with Crippen LogP contribution in [0.1, 0.15) is 38.6 Å². The molecule has 0 aliphatic heterocycles. The van der Waals surface area contributed by atoms with Crippen LogP contribution < -0.4 is 22.7 Å². The molecule has 0 bridgehead atoms. The van der Waals surface area contributed by atoms with Gasteiger partial charge in [0.1, 0.15) is 11.6 Å². The van der Waals surface area contributed by atoms with E-state index in [0.29, 0.717) is 24.6 Å². The zero-order chi connectivity index (χ0) is 33.1. The fraction of sp³-hybridized carbons (Fsp3) is 0.265. The average molecular weight is 729 g/mol. The van der Waals surface area contributed by atoms with E-state index in [1.165, 1.54) is 0 Å². The number of nitrogens with zero attached hydrogens (tertiary/aromatic N) is 3. The molecule has 254 valence electrons. The summed E-state index contributed by atoms with van der Waals surface area (Å²) in [6.45, 7) is 4.43. The molecule has 0 fully saturated rings. The first-order chi connectivity index (χ1) is 22.7. The number of halogens is 1. The number of aryl methyl sites for hydroxylation is 1. The quantitative estimate of drug-likeness (QED) is 0.108. The molecule has 0 radical (unpaired) electrons. The van der Waals surface area contributed by atoms with Gasteiger partial charge >= 0.3 is 15.2 Å². The molecule has 0 aliphatic carbocycles. The molecule has 0 aliphatic rings. The Labute approximate surface area is 291 Å². The van der Waals surface area contributed by atoms with Crippen LogP contribution in [0.5, 0.6) is 0 Å². The van der Waals surface area contributed by atoms with E-state index in [1.54, 1.807) is 24.5 Å². The molecular weight excluding hydrogens is 690 g/mol. The molecule has 0 spiro atoms. The van der Waals surface area contributed by atoms with Gasteiger partial charge < -0.3 is 36.2 Å². The third-order valence-electron chi connectivity index (χ3n) is 7.29. The van der Waals surface area contributed by atoms with Crippen molar-refractivity contribution in [1.29, 1.82) is 0 Å². The van der Waals surface area contributed by atoms with Gasteiger partial charge in [-0.2, -0.15) is 4.57 Å². The van der Waals surface area contributed by atoms with Crippen LogP contribution in [0.4, 0.5) is 5.82 Å². The number of benzene rings is 3. The topological polar surface area (TPSA) is 127 Å². The SMILES string of the molecule is Cc1ncc(C[n+]2csc(CCOP(=O)(CP(=O)(OCc3ccccc3)OCc3ccccc3)OCc3ccccc3)c2C)c(N)n1.[Cl-]. The van der Waals surface area contributed by atoms with Crippen molar-refractivity contribution in [3.63, 3.8) is 0 Å². The fourth-order valence-electron chi connectivity index (χ4n) is 4.63. The third-order valence-corrected chi connectivity index (χ3v) is 13.4. The van der Waals surface area contributed by atoms with Gasteiger partial charge in [-0.05, 0) is 23.6 Å². The summed E-state index contributed by atoms with van der Waals surface area (Å²) in [5.41, 5.74) is 12.4. The summed E-state index contributed by atoms with van der Waals surface area (Å²) in [7, 11) is -8.00. The molecule has 0 saturated heterocycles. The van der Waals surface area contributed by atoms with Crippen molar-refractivity contribution in [2.75, 3.05) is 18.2 Å². The minimum absolute atomic E-state index is 0. The highest BCUT2D eigenvalue weighted by molar-refractivity contribution is 7.71. The number of thiazole rings is 1. The Balaban J connectivity index is 0.00000520. The largest absolute Gasteiger partial charge is 1.00 e. The number of rotatable bonds is 17. The van der Waals surface area contributed by atoms with Crippen molar-refractivity contribution in [3.8, 4) is 0 Å². The third kappa shape index (κ3) is 11.2. The number of nitrogen functional groups attached to an aromatic ring is 1. The molecule has 2 aromatic heterocycles. The lowest BCUT2D eigenvalue weighted by Crippen LogP contribution is -3.00. The molecule has 0 saturated carbocycles. The van der Waals surface area contributed by atoms with Gasteiger partial charge in [0.2, 0.25) is 5.51 Å². The van der Waals surface area contributed by atoms with Crippen LogP contribution in [0.15, 0.2) is 103 Å². The van der Waals surface area contributed by atoms with Crippen LogP contribution in [0.25, 0.3) is 0 Å². The van der Waals surface area contributed by atoms with Gasteiger partial charge in [0.05, 0.1) is 36.9 Å². The molecule has 5 aromatic rings. The van der Waals surface area contributed by atoms with Gasteiger partial charge in [-0.25, -0.2) is 9.97 Å². The molecular formula is C34H39ClN4O6P2S. The number of anilines is 1. The molecule has 2 heterocycles. The summed E-state index contributed by atoms with van der Waals surface area (Å²) in [6.07, 6.45) is 2.20. The summed E-state index contributed by atoms with van der Waals surface area (Å²) >= 11 is 1.56. The van der Waals surface area contributed by atoms with Crippen molar-refractivity contribution in [3.05, 3.63) is 141 Å². The molecule has 1 unspecified atom stereocenters. The van der Waals surface area contributed by atoms with Crippen molar-refractivity contribution in [1.82, 2.24) is 9.97 Å². The van der Waals surface area contributed by atoms with Crippen LogP contribution in [0, 0.1) is 13.8 Å². The molecule has 3 aromatic carbocycles. The highest BCUT2D eigenvalue weighted by Gasteiger charge is 2.39. The maximum atomic E-state index is 14.4. The van der Waals surface area contributed by atoms with Crippen molar-refractivity contribution in [2.45, 2.75) is 46.6 Å². The summed E-state index contributed by atoms with van der Waals surface area (Å²) in [6, 6.07) is 28.0. The van der Waals surface area contributed by atoms with Crippen molar-refractivity contribution in [2.24, 2.45) is 0 Å². The van der Waals surface area contributed by atoms with E-state index in [1.807, 2.05) is 103 Å². The average Bonchev–Trinajstić information content (AvgIpc) is 3.43. The first-order valence-corrected chi connectivity index (χ1v) is 19.5. The molecule has 2 N–H and O–H groups in total. The fourth-order valence-corrected chi connectivity index (χ4v) is 10.2. The molecule has 0 amide bonds. The van der Waals surface area contributed by atoms with Gasteiger partial charge in [0.15, 0.2) is 18.1 Å². The first-order valence-electron chi connectivity index (χ1n) is 15.1. The second-order valence-corrected chi connectivity index (χ2v) is 16.5. The summed E-state index contributed by atoms with van der Waals surface area (Å²) in [5, 5.41) is 0. The zero-order valence-corrected chi connectivity index (χ0v) is 30.2. The standard InChI is InChI=1S/C34H39N4O6P2S.ClH/c1-27-33(47-25-38(27)21-32-20-36-28(2)37-34(32)35)18-19-41-45(39,42-22-29-12-6-3-7-13-29)26-46(40,43-23-30-14-8-4-9-15-30)44-24-31-16-10-5-11-17-31;/h3-17,20,25H,18-19,21-24,26H2,1-2H3,(H2,35,36,37);1H/q+1;/p-1. The van der Waals surface area contributed by atoms with E-state index in [2.05, 4.69) is 14.5 Å². The second kappa shape index (κ2) is 18.0. The van der Waals surface area contributed by atoms with Gasteiger partial charge in [0.25, 0.3) is 0 Å². The van der Waals surface area contributed by atoms with E-state index >= 15 is 0 Å². The number of hydrogen-bond donors (Lipinski definition) is 1. The normalized spacial score (nSPS) is 12.7. The summed E-state index contributed by atoms with van der Waals surface area (Å²) in [5.74, 6) is 0.531. The van der Waals surface area contributed by atoms with Crippen molar-refractivity contribution >= 4 is 32.3 Å². The minimum atomic E-state index is -4.01. The zero-order valence-electron chi connectivity index (χ0n) is 26.8. The molecule has 5 rings (SSSR count). The van der Waals surface area contributed by atoms with Gasteiger partial charge in [0, 0.05) is 19.5 Å². The van der Waals surface area contributed by atoms with Gasteiger partial charge in [-0.1, -0.05) is 102 Å². The Hall–Kier alpha value is -3.24. The lowest BCUT2D eigenvalue weighted by atomic mass is 10.2. The van der Waals surface area contributed by atoms with Crippen LogP contribution >= 0.6 is 26.5 Å². The molecule has 14 heteroatoms. The lowest BCUT2D eigenvalue weighted by molar-refractivity contribution is -0.689. The minimum Gasteiger partial charge on any atom is -1.00 e. The maximum Gasteiger partial charge on any atom is 0.343 e. The van der Waals surface area contributed by atoms with E-state index < -0.39 is 21.1 Å². The smallest absolute Gasteiger partial charge is 0.343 e. The first kappa shape index (κ1) is 37.6. The van der Waals surface area contributed by atoms with E-state index in [4.69, 9.17) is 23.8 Å². The van der Waals surface area contributed by atoms with Crippen LogP contribution in [-0.4, -0.2) is 22.5 Å². The Morgan fingerprint density at radius 1 is 0.750 bits per heavy atom. The van der Waals surface area contributed by atoms with Gasteiger partial charge in [-0.15, -0.1) is 0 Å². The lowest BCUT2D eigenvalue weighted by Gasteiger charge is -2.24. The Bertz CT molecular complexity index is 1790. The highest BCUT2D eigenvalue weighted by atomic mass is 35.5. The van der Waals surface area contributed by atoms with Crippen molar-refractivity contribution < 1.29 is 44.2 Å². The van der Waals surface area contributed by atoms with E-state index in [9.17, 15) is 9.13 Å². The Morgan fingerprint density at radius 3 is 1.71 bits per heavy atom. The maximum absolute atomic E-state index is 14.4. The highest BCUT2D eigenvalue weighted by Crippen LogP contribution is 2.65. The monoisotopic (exact) mass is 728 g/mol. The summed E-state index contributed by atoms with van der Waals surface area (Å²) < 4.78 is 54.6. The molecule has 10 nitrogen and oxygen atoms in total. The number of nitrogens with two attached hydrogens (primary N) is 1. The van der Waals surface area contributed by atoms with Crippen LogP contribution in [-0.2, 0) is 60.0 Å². The Kier molecular flexibility index (Phi) is 14.1. The van der Waals surface area contributed by atoms with Crippen LogP contribution in [0.3, 0.4) is 0 Å². The number of aromatic nitrogens is 3. The van der Waals surface area contributed by atoms with Crippen LogP contribution in [0.2, 0.25) is 0 Å². The molecule has 1 atom stereocenters. The predicted octanol–water partition coefficient (Wildman–Crippen LogP) is 4.63. The Morgan fingerprint density at radius 2 is 1.23 bits per heavy atom. The predicted molar refractivity (Wildman–Crippen MR) is 183 cm³/mol. The van der Waals surface area contributed by atoms with Gasteiger partial charge in [-0.3, -0.25) is 9.13 Å². The van der Waals surface area contributed by atoms with E-state index in [0.717, 1.165) is 32.8 Å². The van der Waals surface area contributed by atoms with E-state index in [-0.39, 0.29) is 38.8 Å². The number of hydrogen-bond acceptors (Lipinski definition) is 10. The molecule has 48 heavy (non-hydrogen) atoms. The summed E-state index contributed by atoms with van der Waals surface area (Å²) in [4.78, 5) is 9.57. The second-order valence-electron chi connectivity index (χ2n) is 10.9.